The minimum atomic E-state index is -3.21. The first-order valence-corrected chi connectivity index (χ1v) is 6.00. The van der Waals surface area contributed by atoms with Crippen LogP contribution in [0, 0.1) is 5.95 Å². The van der Waals surface area contributed by atoms with Crippen LogP contribution >= 0.6 is 0 Å². The summed E-state index contributed by atoms with van der Waals surface area (Å²) in [6.07, 6.45) is 2.34. The zero-order chi connectivity index (χ0) is 10.8. The first kappa shape index (κ1) is 11.1. The second kappa shape index (κ2) is 4.02. The Bertz CT molecular complexity index is 419. The molecule has 0 unspecified atom stereocenters. The van der Waals surface area contributed by atoms with Crippen LogP contribution in [0.25, 0.3) is 0 Å². The zero-order valence-corrected chi connectivity index (χ0v) is 8.46. The largest absolute Gasteiger partial charge is 0.323 e. The Labute approximate surface area is 81.9 Å². The van der Waals surface area contributed by atoms with Crippen LogP contribution < -0.4 is 5.73 Å². The van der Waals surface area contributed by atoms with Crippen molar-refractivity contribution in [1.29, 1.82) is 0 Å². The van der Waals surface area contributed by atoms with E-state index in [1.54, 1.807) is 0 Å². The summed E-state index contributed by atoms with van der Waals surface area (Å²) in [7, 11) is -3.21. The molecular weight excluding hydrogens is 207 g/mol. The summed E-state index contributed by atoms with van der Waals surface area (Å²) in [5, 5.41) is 0. The van der Waals surface area contributed by atoms with E-state index in [2.05, 4.69) is 4.98 Å². The van der Waals surface area contributed by atoms with Crippen molar-refractivity contribution in [3.63, 3.8) is 0 Å². The molecule has 0 fully saturated rings. The van der Waals surface area contributed by atoms with Crippen molar-refractivity contribution in [2.24, 2.45) is 5.73 Å². The van der Waals surface area contributed by atoms with Gasteiger partial charge in [0.25, 0.3) is 0 Å². The summed E-state index contributed by atoms with van der Waals surface area (Å²) in [6.45, 7) is 0. The molecule has 6 heteroatoms. The third-order valence-electron chi connectivity index (χ3n) is 1.67. The van der Waals surface area contributed by atoms with Gasteiger partial charge in [-0.3, -0.25) is 0 Å². The Morgan fingerprint density at radius 3 is 2.79 bits per heavy atom. The molecule has 0 aromatic carbocycles. The van der Waals surface area contributed by atoms with Crippen molar-refractivity contribution in [2.45, 2.75) is 6.04 Å². The average molecular weight is 218 g/mol. The van der Waals surface area contributed by atoms with Crippen LogP contribution in [-0.4, -0.2) is 25.4 Å². The predicted octanol–water partition coefficient (Wildman–Crippen LogP) is 0.265. The van der Waals surface area contributed by atoms with Crippen LogP contribution in [0.4, 0.5) is 4.39 Å². The molecule has 78 valence electrons. The Hall–Kier alpha value is -1.01. The second-order valence-electron chi connectivity index (χ2n) is 3.08. The highest BCUT2D eigenvalue weighted by Gasteiger charge is 2.16. The Kier molecular flexibility index (Phi) is 3.17. The first-order chi connectivity index (χ1) is 6.40. The molecule has 0 aliphatic carbocycles. The average Bonchev–Trinajstić information content (AvgIpc) is 2.01. The van der Waals surface area contributed by atoms with E-state index < -0.39 is 21.8 Å². The summed E-state index contributed by atoms with van der Waals surface area (Å²) in [4.78, 5) is 3.39. The summed E-state index contributed by atoms with van der Waals surface area (Å²) >= 11 is 0. The smallest absolute Gasteiger partial charge is 0.217 e. The highest BCUT2D eigenvalue weighted by atomic mass is 32.2. The molecule has 1 aromatic heterocycles. The van der Waals surface area contributed by atoms with Crippen LogP contribution in [0.5, 0.6) is 0 Å². The molecule has 0 spiro atoms. The van der Waals surface area contributed by atoms with Gasteiger partial charge in [-0.25, -0.2) is 13.4 Å². The molecule has 0 saturated carbocycles. The van der Waals surface area contributed by atoms with Gasteiger partial charge in [0.15, 0.2) is 0 Å². The molecule has 1 atom stereocenters. The normalized spacial score (nSPS) is 13.9. The van der Waals surface area contributed by atoms with Gasteiger partial charge >= 0.3 is 0 Å². The van der Waals surface area contributed by atoms with E-state index in [-0.39, 0.29) is 11.3 Å². The Morgan fingerprint density at radius 1 is 1.64 bits per heavy atom. The molecule has 0 saturated heterocycles. The molecular formula is C8H11FN2O2S. The molecule has 0 radical (unpaired) electrons. The van der Waals surface area contributed by atoms with E-state index in [4.69, 9.17) is 5.73 Å². The molecule has 0 aliphatic rings. The fourth-order valence-corrected chi connectivity index (χ4v) is 1.92. The van der Waals surface area contributed by atoms with E-state index in [0.717, 1.165) is 6.26 Å². The minimum absolute atomic E-state index is 0.123. The maximum absolute atomic E-state index is 13.0. The summed E-state index contributed by atoms with van der Waals surface area (Å²) in [6, 6.07) is 2.08. The topological polar surface area (TPSA) is 73.0 Å². The SMILES string of the molecule is CS(=O)(=O)C[C@@H](N)c1cccnc1F. The van der Waals surface area contributed by atoms with Gasteiger partial charge in [-0.05, 0) is 6.07 Å². The van der Waals surface area contributed by atoms with E-state index in [1.807, 2.05) is 0 Å². The first-order valence-electron chi connectivity index (χ1n) is 3.94. The fourth-order valence-electron chi connectivity index (χ4n) is 1.09. The van der Waals surface area contributed by atoms with Gasteiger partial charge in [0.05, 0.1) is 5.75 Å². The fraction of sp³-hybridized carbons (Fsp3) is 0.375. The second-order valence-corrected chi connectivity index (χ2v) is 5.27. The molecule has 1 rings (SSSR count). The number of pyridine rings is 1. The van der Waals surface area contributed by atoms with Gasteiger partial charge in [0.1, 0.15) is 9.84 Å². The maximum Gasteiger partial charge on any atom is 0.217 e. The lowest BCUT2D eigenvalue weighted by Gasteiger charge is -2.10. The molecule has 1 heterocycles. The van der Waals surface area contributed by atoms with Gasteiger partial charge in [-0.15, -0.1) is 0 Å². The molecule has 0 bridgehead atoms. The predicted molar refractivity (Wildman–Crippen MR) is 50.8 cm³/mol. The highest BCUT2D eigenvalue weighted by Crippen LogP contribution is 2.13. The maximum atomic E-state index is 13.0. The van der Waals surface area contributed by atoms with Crippen molar-refractivity contribution in [3.05, 3.63) is 29.8 Å². The number of sulfone groups is 1. The van der Waals surface area contributed by atoms with E-state index in [0.29, 0.717) is 0 Å². The van der Waals surface area contributed by atoms with Crippen molar-refractivity contribution in [2.75, 3.05) is 12.0 Å². The van der Waals surface area contributed by atoms with Crippen LogP contribution in [-0.2, 0) is 9.84 Å². The van der Waals surface area contributed by atoms with E-state index in [1.165, 1.54) is 18.3 Å². The minimum Gasteiger partial charge on any atom is -0.323 e. The third kappa shape index (κ3) is 3.04. The van der Waals surface area contributed by atoms with Crippen LogP contribution in [0.3, 0.4) is 0 Å². The number of aromatic nitrogens is 1. The number of hydrogen-bond acceptors (Lipinski definition) is 4. The van der Waals surface area contributed by atoms with E-state index in [9.17, 15) is 12.8 Å². The van der Waals surface area contributed by atoms with Crippen molar-refractivity contribution < 1.29 is 12.8 Å². The summed E-state index contributed by atoms with van der Waals surface area (Å²) in [5.74, 6) is -1.00. The number of halogens is 1. The standard InChI is InChI=1S/C8H11FN2O2S/c1-14(12,13)5-7(10)6-3-2-4-11-8(6)9/h2-4,7H,5,10H2,1H3/t7-/m1/s1. The quantitative estimate of drug-likeness (QED) is 0.739. The Morgan fingerprint density at radius 2 is 2.29 bits per heavy atom. The lowest BCUT2D eigenvalue weighted by atomic mass is 10.1. The lowest BCUT2D eigenvalue weighted by Crippen LogP contribution is -2.22. The van der Waals surface area contributed by atoms with Crippen molar-refractivity contribution >= 4 is 9.84 Å². The van der Waals surface area contributed by atoms with Crippen molar-refractivity contribution in [1.82, 2.24) is 4.98 Å². The monoisotopic (exact) mass is 218 g/mol. The molecule has 2 N–H and O–H groups in total. The van der Waals surface area contributed by atoms with Gasteiger partial charge in [0.2, 0.25) is 5.95 Å². The summed E-state index contributed by atoms with van der Waals surface area (Å²) in [5.41, 5.74) is 5.65. The summed E-state index contributed by atoms with van der Waals surface area (Å²) < 4.78 is 34.8. The van der Waals surface area contributed by atoms with Gasteiger partial charge in [-0.2, -0.15) is 4.39 Å². The molecule has 4 nitrogen and oxygen atoms in total. The van der Waals surface area contributed by atoms with Gasteiger partial charge < -0.3 is 5.73 Å². The van der Waals surface area contributed by atoms with Gasteiger partial charge in [0, 0.05) is 24.1 Å². The van der Waals surface area contributed by atoms with E-state index >= 15 is 0 Å². The number of hydrogen-bond donors (Lipinski definition) is 1. The van der Waals surface area contributed by atoms with Crippen LogP contribution in [0.15, 0.2) is 18.3 Å². The highest BCUT2D eigenvalue weighted by molar-refractivity contribution is 7.90. The number of rotatable bonds is 3. The third-order valence-corrected chi connectivity index (χ3v) is 2.63. The van der Waals surface area contributed by atoms with Crippen molar-refractivity contribution in [3.8, 4) is 0 Å². The Balaban J connectivity index is 2.90. The molecule has 0 aliphatic heterocycles. The number of nitrogens with zero attached hydrogens (tertiary/aromatic N) is 1. The molecule has 0 amide bonds. The molecule has 1 aromatic rings. The van der Waals surface area contributed by atoms with Gasteiger partial charge in [-0.1, -0.05) is 6.07 Å². The van der Waals surface area contributed by atoms with Crippen LogP contribution in [0.1, 0.15) is 11.6 Å². The van der Waals surface area contributed by atoms with Crippen LogP contribution in [0.2, 0.25) is 0 Å². The molecule has 14 heavy (non-hydrogen) atoms. The number of nitrogens with two attached hydrogens (primary N) is 1. The zero-order valence-electron chi connectivity index (χ0n) is 7.64. The lowest BCUT2D eigenvalue weighted by molar-refractivity contribution is 0.549.